The Labute approximate surface area is 120 Å². The quantitative estimate of drug-likeness (QED) is 0.785. The molecule has 1 fully saturated rings. The third-order valence-electron chi connectivity index (χ3n) is 3.71. The van der Waals surface area contributed by atoms with E-state index in [0.29, 0.717) is 11.6 Å². The number of piperidine rings is 1. The maximum Gasteiger partial charge on any atom is 0.248 e. The molecule has 1 aromatic rings. The summed E-state index contributed by atoms with van der Waals surface area (Å²) >= 11 is 0. The Balaban J connectivity index is 1.80. The largest absolute Gasteiger partial charge is 0.366 e. The first-order valence-corrected chi connectivity index (χ1v) is 6.97. The number of nitrogens with zero attached hydrogens (tertiary/aromatic N) is 1. The van der Waals surface area contributed by atoms with Crippen molar-refractivity contribution in [3.05, 3.63) is 35.4 Å². The highest BCUT2D eigenvalue weighted by atomic mass is 16.1. The summed E-state index contributed by atoms with van der Waals surface area (Å²) < 4.78 is 0. The van der Waals surface area contributed by atoms with Crippen molar-refractivity contribution >= 4 is 5.91 Å². The van der Waals surface area contributed by atoms with Gasteiger partial charge < -0.3 is 11.1 Å². The second-order valence-corrected chi connectivity index (χ2v) is 5.20. The predicted molar refractivity (Wildman–Crippen MR) is 80.1 cm³/mol. The van der Waals surface area contributed by atoms with Crippen molar-refractivity contribution in [1.82, 2.24) is 10.2 Å². The van der Waals surface area contributed by atoms with E-state index >= 15 is 0 Å². The van der Waals surface area contributed by atoms with Crippen LogP contribution in [0.3, 0.4) is 0 Å². The zero-order valence-corrected chi connectivity index (χ0v) is 11.6. The topological polar surface area (TPSA) is 58.4 Å². The number of carbonyl (C=O) groups is 1. The molecule has 0 atom stereocenters. The SMILES string of the molecule is C#CCN1CCC(NCc2cccc(C(N)=O)c2)CC1. The lowest BCUT2D eigenvalue weighted by Crippen LogP contribution is -2.42. The fourth-order valence-corrected chi connectivity index (χ4v) is 2.52. The van der Waals surface area contributed by atoms with Crippen molar-refractivity contribution in [2.45, 2.75) is 25.4 Å². The lowest BCUT2D eigenvalue weighted by molar-refractivity contribution is 0.1000. The maximum absolute atomic E-state index is 11.1. The highest BCUT2D eigenvalue weighted by Crippen LogP contribution is 2.11. The monoisotopic (exact) mass is 271 g/mol. The Morgan fingerprint density at radius 2 is 2.20 bits per heavy atom. The lowest BCUT2D eigenvalue weighted by Gasteiger charge is -2.31. The Kier molecular flexibility index (Phi) is 5.16. The summed E-state index contributed by atoms with van der Waals surface area (Å²) in [6.07, 6.45) is 7.54. The fourth-order valence-electron chi connectivity index (χ4n) is 2.52. The molecule has 20 heavy (non-hydrogen) atoms. The summed E-state index contributed by atoms with van der Waals surface area (Å²) in [5, 5.41) is 3.54. The zero-order valence-electron chi connectivity index (χ0n) is 11.6. The van der Waals surface area contributed by atoms with Crippen LogP contribution in [-0.4, -0.2) is 36.5 Å². The highest BCUT2D eigenvalue weighted by Gasteiger charge is 2.17. The molecule has 0 aliphatic carbocycles. The first kappa shape index (κ1) is 14.6. The van der Waals surface area contributed by atoms with E-state index in [9.17, 15) is 4.79 Å². The van der Waals surface area contributed by atoms with Crippen LogP contribution in [0.2, 0.25) is 0 Å². The molecule has 0 aromatic heterocycles. The number of primary amides is 1. The van der Waals surface area contributed by atoms with Gasteiger partial charge in [-0.3, -0.25) is 9.69 Å². The third-order valence-corrected chi connectivity index (χ3v) is 3.71. The molecule has 1 heterocycles. The molecule has 3 N–H and O–H groups in total. The Bertz CT molecular complexity index is 499. The van der Waals surface area contributed by atoms with Gasteiger partial charge in [-0.1, -0.05) is 18.1 Å². The van der Waals surface area contributed by atoms with Gasteiger partial charge >= 0.3 is 0 Å². The summed E-state index contributed by atoms with van der Waals surface area (Å²) in [6, 6.07) is 7.98. The Morgan fingerprint density at radius 3 is 2.85 bits per heavy atom. The first-order valence-electron chi connectivity index (χ1n) is 6.97. The van der Waals surface area contributed by atoms with Crippen LogP contribution in [0.25, 0.3) is 0 Å². The van der Waals surface area contributed by atoms with Gasteiger partial charge in [-0.2, -0.15) is 0 Å². The number of hydrogen-bond donors (Lipinski definition) is 2. The molecule has 2 rings (SSSR count). The first-order chi connectivity index (χ1) is 9.69. The van der Waals surface area contributed by atoms with Crippen LogP contribution in [0.15, 0.2) is 24.3 Å². The number of rotatable bonds is 5. The summed E-state index contributed by atoms with van der Waals surface area (Å²) in [7, 11) is 0. The number of hydrogen-bond acceptors (Lipinski definition) is 3. The minimum atomic E-state index is -0.380. The van der Waals surface area contributed by atoms with Crippen molar-refractivity contribution in [2.75, 3.05) is 19.6 Å². The minimum Gasteiger partial charge on any atom is -0.366 e. The number of benzene rings is 1. The number of nitrogens with one attached hydrogen (secondary N) is 1. The van der Waals surface area contributed by atoms with Crippen LogP contribution in [0, 0.1) is 12.3 Å². The minimum absolute atomic E-state index is 0.380. The predicted octanol–water partition coefficient (Wildman–Crippen LogP) is 0.973. The van der Waals surface area contributed by atoms with E-state index < -0.39 is 0 Å². The normalized spacial score (nSPS) is 16.8. The Morgan fingerprint density at radius 1 is 1.45 bits per heavy atom. The number of nitrogens with two attached hydrogens (primary N) is 1. The smallest absolute Gasteiger partial charge is 0.248 e. The van der Waals surface area contributed by atoms with Gasteiger partial charge in [0.05, 0.1) is 6.54 Å². The molecule has 1 aliphatic rings. The summed E-state index contributed by atoms with van der Waals surface area (Å²) in [4.78, 5) is 13.4. The second-order valence-electron chi connectivity index (χ2n) is 5.20. The average molecular weight is 271 g/mol. The van der Waals surface area contributed by atoms with Crippen molar-refractivity contribution in [2.24, 2.45) is 5.73 Å². The van der Waals surface area contributed by atoms with Crippen LogP contribution >= 0.6 is 0 Å². The number of carbonyl (C=O) groups excluding carboxylic acids is 1. The number of terminal acetylenes is 1. The van der Waals surface area contributed by atoms with Crippen LogP contribution < -0.4 is 11.1 Å². The molecular weight excluding hydrogens is 250 g/mol. The summed E-state index contributed by atoms with van der Waals surface area (Å²) in [5.41, 5.74) is 6.94. The molecule has 0 saturated carbocycles. The van der Waals surface area contributed by atoms with E-state index in [-0.39, 0.29) is 5.91 Å². The van der Waals surface area contributed by atoms with Gasteiger partial charge in [-0.05, 0) is 30.5 Å². The van der Waals surface area contributed by atoms with Crippen molar-refractivity contribution in [1.29, 1.82) is 0 Å². The van der Waals surface area contributed by atoms with Gasteiger partial charge in [-0.25, -0.2) is 0 Å². The van der Waals surface area contributed by atoms with Crippen molar-refractivity contribution < 1.29 is 4.79 Å². The van der Waals surface area contributed by atoms with Gasteiger partial charge in [0.15, 0.2) is 0 Å². The van der Waals surface area contributed by atoms with Gasteiger partial charge in [0.25, 0.3) is 0 Å². The second kappa shape index (κ2) is 7.09. The summed E-state index contributed by atoms with van der Waals surface area (Å²) in [6.45, 7) is 3.60. The molecule has 4 heteroatoms. The van der Waals surface area contributed by atoms with E-state index in [0.717, 1.165) is 44.6 Å². The molecule has 0 radical (unpaired) electrons. The summed E-state index contributed by atoms with van der Waals surface area (Å²) in [5.74, 6) is 2.31. The van der Waals surface area contributed by atoms with E-state index in [1.54, 1.807) is 6.07 Å². The standard InChI is InChI=1S/C16H21N3O/c1-2-8-19-9-6-15(7-10-19)18-12-13-4-3-5-14(11-13)16(17)20/h1,3-5,11,15,18H,6-10,12H2,(H2,17,20). The highest BCUT2D eigenvalue weighted by molar-refractivity contribution is 5.92. The molecule has 0 unspecified atom stereocenters. The van der Waals surface area contributed by atoms with Crippen LogP contribution in [0.4, 0.5) is 0 Å². The molecule has 4 nitrogen and oxygen atoms in total. The van der Waals surface area contributed by atoms with Gasteiger partial charge in [-0.15, -0.1) is 6.42 Å². The third kappa shape index (κ3) is 4.09. The molecule has 1 saturated heterocycles. The van der Waals surface area contributed by atoms with Crippen LogP contribution in [0.5, 0.6) is 0 Å². The van der Waals surface area contributed by atoms with E-state index in [1.807, 2.05) is 18.2 Å². The molecule has 0 bridgehead atoms. The van der Waals surface area contributed by atoms with Gasteiger partial charge in [0, 0.05) is 31.2 Å². The van der Waals surface area contributed by atoms with Crippen molar-refractivity contribution in [3.63, 3.8) is 0 Å². The molecule has 1 amide bonds. The van der Waals surface area contributed by atoms with Gasteiger partial charge in [0.2, 0.25) is 5.91 Å². The van der Waals surface area contributed by atoms with E-state index in [2.05, 4.69) is 16.1 Å². The number of amides is 1. The fraction of sp³-hybridized carbons (Fsp3) is 0.438. The van der Waals surface area contributed by atoms with Gasteiger partial charge in [0.1, 0.15) is 0 Å². The lowest BCUT2D eigenvalue weighted by atomic mass is 10.0. The van der Waals surface area contributed by atoms with Crippen LogP contribution in [0.1, 0.15) is 28.8 Å². The average Bonchev–Trinajstić information content (AvgIpc) is 2.47. The number of likely N-dealkylation sites (tertiary alicyclic amines) is 1. The van der Waals surface area contributed by atoms with Crippen LogP contribution in [-0.2, 0) is 6.54 Å². The molecule has 0 spiro atoms. The van der Waals surface area contributed by atoms with Crippen molar-refractivity contribution in [3.8, 4) is 12.3 Å². The molecule has 106 valence electrons. The maximum atomic E-state index is 11.1. The molecular formula is C16H21N3O. The molecule has 1 aromatic carbocycles. The van der Waals surface area contributed by atoms with E-state index in [1.165, 1.54) is 0 Å². The van der Waals surface area contributed by atoms with E-state index in [4.69, 9.17) is 12.2 Å². The zero-order chi connectivity index (χ0) is 14.4. The molecule has 1 aliphatic heterocycles. The Hall–Kier alpha value is -1.83.